The number of carbonyl (C=O) groups excluding carboxylic acids is 1. The van der Waals surface area contributed by atoms with Gasteiger partial charge in [0, 0.05) is 30.9 Å². The van der Waals surface area contributed by atoms with Crippen LogP contribution in [0.2, 0.25) is 0 Å². The average molecular weight is 327 g/mol. The third-order valence-electron chi connectivity index (χ3n) is 4.77. The van der Waals surface area contributed by atoms with E-state index in [1.807, 2.05) is 17.0 Å². The van der Waals surface area contributed by atoms with Crippen LogP contribution in [0, 0.1) is 0 Å². The number of hydrogen-bond acceptors (Lipinski definition) is 5. The van der Waals surface area contributed by atoms with Crippen LogP contribution in [0.5, 0.6) is 5.75 Å². The molecule has 6 nitrogen and oxygen atoms in total. The van der Waals surface area contributed by atoms with Gasteiger partial charge < -0.3 is 14.2 Å². The molecule has 0 N–H and O–H groups in total. The predicted molar refractivity (Wildman–Crippen MR) is 86.9 cm³/mol. The average Bonchev–Trinajstić information content (AvgIpc) is 3.06. The van der Waals surface area contributed by atoms with E-state index < -0.39 is 0 Å². The molecule has 24 heavy (non-hydrogen) atoms. The highest BCUT2D eigenvalue weighted by Crippen LogP contribution is 2.26. The minimum atomic E-state index is -0.0232. The number of hydrogen-bond donors (Lipinski definition) is 0. The summed E-state index contributed by atoms with van der Waals surface area (Å²) in [5.41, 5.74) is 1.53. The Morgan fingerprint density at radius 1 is 1.21 bits per heavy atom. The molecule has 0 bridgehead atoms. The molecule has 126 valence electrons. The summed E-state index contributed by atoms with van der Waals surface area (Å²) in [6, 6.07) is 3.68. The fourth-order valence-electron chi connectivity index (χ4n) is 3.53. The molecule has 3 heterocycles. The van der Waals surface area contributed by atoms with Gasteiger partial charge in [-0.1, -0.05) is 5.16 Å². The summed E-state index contributed by atoms with van der Waals surface area (Å²) < 4.78 is 11.4. The maximum Gasteiger partial charge on any atom is 0.276 e. The highest BCUT2D eigenvalue weighted by atomic mass is 16.5. The topological polar surface area (TPSA) is 68.5 Å². The molecular weight excluding hydrogens is 306 g/mol. The van der Waals surface area contributed by atoms with Crippen LogP contribution in [0.15, 0.2) is 29.0 Å². The zero-order valence-electron chi connectivity index (χ0n) is 13.6. The van der Waals surface area contributed by atoms with Crippen LogP contribution >= 0.6 is 0 Å². The highest BCUT2D eigenvalue weighted by Gasteiger charge is 2.31. The lowest BCUT2D eigenvalue weighted by molar-refractivity contribution is 0.0528. The smallest absolute Gasteiger partial charge is 0.276 e. The second kappa shape index (κ2) is 6.63. The Bertz CT molecular complexity index is 714. The van der Waals surface area contributed by atoms with Gasteiger partial charge in [-0.15, -0.1) is 0 Å². The van der Waals surface area contributed by atoms with Crippen molar-refractivity contribution in [2.45, 2.75) is 44.6 Å². The van der Waals surface area contributed by atoms with Crippen LogP contribution < -0.4 is 4.74 Å². The lowest BCUT2D eigenvalue weighted by Gasteiger charge is -2.32. The molecule has 2 aliphatic rings. The van der Waals surface area contributed by atoms with Crippen LogP contribution in [-0.2, 0) is 12.8 Å². The standard InChI is InChI=1S/C18H21N3O3/c22-18(17-15-5-1-2-6-16(15)24-20-17)21-11-3-4-14(12-21)23-13-7-9-19-10-8-13/h7-10,14H,1-6,11-12H2. The molecule has 1 amide bonds. The van der Waals surface area contributed by atoms with Crippen molar-refractivity contribution in [1.29, 1.82) is 0 Å². The van der Waals surface area contributed by atoms with Crippen molar-refractivity contribution in [2.24, 2.45) is 0 Å². The van der Waals surface area contributed by atoms with Crippen LogP contribution in [-0.4, -0.2) is 40.1 Å². The van der Waals surface area contributed by atoms with Crippen LogP contribution in [0.3, 0.4) is 0 Å². The third-order valence-corrected chi connectivity index (χ3v) is 4.77. The molecule has 1 unspecified atom stereocenters. The Kier molecular flexibility index (Phi) is 4.19. The molecule has 0 spiro atoms. The zero-order chi connectivity index (χ0) is 16.4. The van der Waals surface area contributed by atoms with E-state index in [9.17, 15) is 4.79 Å². The second-order valence-corrected chi connectivity index (χ2v) is 6.46. The minimum absolute atomic E-state index is 0.00725. The number of amides is 1. The van der Waals surface area contributed by atoms with E-state index in [0.29, 0.717) is 12.2 Å². The van der Waals surface area contributed by atoms with Crippen LogP contribution in [0.1, 0.15) is 47.5 Å². The first-order valence-electron chi connectivity index (χ1n) is 8.64. The summed E-state index contributed by atoms with van der Waals surface area (Å²) in [6.07, 6.45) is 9.31. The molecule has 1 aliphatic carbocycles. The molecule has 1 atom stereocenters. The molecule has 4 rings (SSSR count). The predicted octanol–water partition coefficient (Wildman–Crippen LogP) is 2.63. The van der Waals surface area contributed by atoms with Gasteiger partial charge in [0.15, 0.2) is 5.69 Å². The Hall–Kier alpha value is -2.37. The molecule has 1 saturated heterocycles. The van der Waals surface area contributed by atoms with Crippen molar-refractivity contribution in [2.75, 3.05) is 13.1 Å². The quantitative estimate of drug-likeness (QED) is 0.867. The number of nitrogens with zero attached hydrogens (tertiary/aromatic N) is 3. The Labute approximate surface area is 140 Å². The largest absolute Gasteiger partial charge is 0.488 e. The molecule has 0 radical (unpaired) electrons. The summed E-state index contributed by atoms with van der Waals surface area (Å²) >= 11 is 0. The number of piperidine rings is 1. The van der Waals surface area contributed by atoms with Gasteiger partial charge in [-0.3, -0.25) is 9.78 Å². The van der Waals surface area contributed by atoms with Gasteiger partial charge in [-0.25, -0.2) is 0 Å². The van der Waals surface area contributed by atoms with Crippen molar-refractivity contribution in [3.8, 4) is 5.75 Å². The summed E-state index contributed by atoms with van der Waals surface area (Å²) in [5, 5.41) is 4.07. The fourth-order valence-corrected chi connectivity index (χ4v) is 3.53. The minimum Gasteiger partial charge on any atom is -0.488 e. The van der Waals surface area contributed by atoms with Crippen molar-refractivity contribution in [3.05, 3.63) is 41.5 Å². The number of aromatic nitrogens is 2. The van der Waals surface area contributed by atoms with Crippen LogP contribution in [0.25, 0.3) is 0 Å². The van der Waals surface area contributed by atoms with Crippen molar-refractivity contribution < 1.29 is 14.1 Å². The zero-order valence-corrected chi connectivity index (χ0v) is 13.6. The lowest BCUT2D eigenvalue weighted by atomic mass is 9.96. The van der Waals surface area contributed by atoms with Gasteiger partial charge in [0.2, 0.25) is 0 Å². The van der Waals surface area contributed by atoms with E-state index in [1.165, 1.54) is 0 Å². The summed E-state index contributed by atoms with van der Waals surface area (Å²) in [5.74, 6) is 1.67. The number of aryl methyl sites for hydroxylation is 1. The Morgan fingerprint density at radius 3 is 2.92 bits per heavy atom. The van der Waals surface area contributed by atoms with E-state index in [1.54, 1.807) is 12.4 Å². The molecule has 1 aliphatic heterocycles. The number of fused-ring (bicyclic) bond motifs is 1. The fraction of sp³-hybridized carbons (Fsp3) is 0.500. The second-order valence-electron chi connectivity index (χ2n) is 6.46. The lowest BCUT2D eigenvalue weighted by Crippen LogP contribution is -2.44. The molecule has 0 saturated carbocycles. The van der Waals surface area contributed by atoms with Crippen LogP contribution in [0.4, 0.5) is 0 Å². The first-order chi connectivity index (χ1) is 11.8. The molecular formula is C18H21N3O3. The van der Waals surface area contributed by atoms with Crippen molar-refractivity contribution >= 4 is 5.91 Å². The number of rotatable bonds is 3. The van der Waals surface area contributed by atoms with Gasteiger partial charge in [-0.05, 0) is 44.2 Å². The normalized spacial score (nSPS) is 20.5. The molecule has 1 fully saturated rings. The van der Waals surface area contributed by atoms with Gasteiger partial charge in [0.1, 0.15) is 17.6 Å². The summed E-state index contributed by atoms with van der Waals surface area (Å²) in [4.78, 5) is 18.7. The maximum absolute atomic E-state index is 12.9. The summed E-state index contributed by atoms with van der Waals surface area (Å²) in [7, 11) is 0. The number of ether oxygens (including phenoxy) is 1. The molecule has 6 heteroatoms. The first kappa shape index (κ1) is 15.2. The van der Waals surface area contributed by atoms with Crippen molar-refractivity contribution in [3.63, 3.8) is 0 Å². The third kappa shape index (κ3) is 3.00. The number of pyridine rings is 1. The first-order valence-corrected chi connectivity index (χ1v) is 8.64. The van der Waals surface area contributed by atoms with Crippen molar-refractivity contribution in [1.82, 2.24) is 15.0 Å². The van der Waals surface area contributed by atoms with E-state index in [4.69, 9.17) is 9.26 Å². The van der Waals surface area contributed by atoms with Gasteiger partial charge in [-0.2, -0.15) is 0 Å². The maximum atomic E-state index is 12.9. The molecule has 2 aromatic heterocycles. The SMILES string of the molecule is O=C(c1noc2c1CCCC2)N1CCCC(Oc2ccncc2)C1. The monoisotopic (exact) mass is 327 g/mol. The van der Waals surface area contributed by atoms with Gasteiger partial charge >= 0.3 is 0 Å². The number of likely N-dealkylation sites (tertiary alicyclic amines) is 1. The Balaban J connectivity index is 1.46. The van der Waals surface area contributed by atoms with Gasteiger partial charge in [0.25, 0.3) is 5.91 Å². The van der Waals surface area contributed by atoms with E-state index in [0.717, 1.165) is 62.1 Å². The molecule has 0 aromatic carbocycles. The van der Waals surface area contributed by atoms with Gasteiger partial charge in [0.05, 0.1) is 6.54 Å². The highest BCUT2D eigenvalue weighted by molar-refractivity contribution is 5.94. The number of carbonyl (C=O) groups is 1. The van der Waals surface area contributed by atoms with E-state index >= 15 is 0 Å². The van der Waals surface area contributed by atoms with E-state index in [2.05, 4.69) is 10.1 Å². The van der Waals surface area contributed by atoms with E-state index in [-0.39, 0.29) is 12.0 Å². The Morgan fingerprint density at radius 2 is 2.04 bits per heavy atom. The summed E-state index contributed by atoms with van der Waals surface area (Å²) in [6.45, 7) is 1.33. The molecule has 2 aromatic rings.